The molecule has 0 rings (SSSR count). The summed E-state index contributed by atoms with van der Waals surface area (Å²) in [5, 5.41) is 0. The van der Waals surface area contributed by atoms with Crippen molar-refractivity contribution in [2.45, 2.75) is 19.3 Å². The molecule has 0 radical (unpaired) electrons. The second kappa shape index (κ2) is 7.16. The molecule has 2 nitrogen and oxygen atoms in total. The summed E-state index contributed by atoms with van der Waals surface area (Å²) in [4.78, 5) is 9.99. The summed E-state index contributed by atoms with van der Waals surface area (Å²) in [5.41, 5.74) is -0.731. The Labute approximate surface area is 70.4 Å². The molecule has 0 aliphatic heterocycles. The number of carbonyl (C=O) groups is 1. The van der Waals surface area contributed by atoms with Gasteiger partial charge in [-0.1, -0.05) is 0 Å². The maximum Gasteiger partial charge on any atom is 0.403 e. The summed E-state index contributed by atoms with van der Waals surface area (Å²) in [6, 6.07) is 0. The van der Waals surface area contributed by atoms with Crippen LogP contribution in [0, 0.1) is 0 Å². The molecule has 0 fully saturated rings. The fraction of sp³-hybridized carbons (Fsp3) is 0.833. The molecule has 0 aromatic carbocycles. The molecule has 0 aliphatic carbocycles. The van der Waals surface area contributed by atoms with Crippen LogP contribution in [0.5, 0.6) is 0 Å². The van der Waals surface area contributed by atoms with Crippen LogP contribution in [0.3, 0.4) is 0 Å². The molecule has 60 valence electrons. The lowest BCUT2D eigenvalue weighted by Crippen LogP contribution is -1.96. The molecule has 0 amide bonds. The molecule has 0 spiro atoms. The van der Waals surface area contributed by atoms with E-state index in [1.54, 1.807) is 0 Å². The van der Waals surface area contributed by atoms with Crippen molar-refractivity contribution in [1.82, 2.24) is 0 Å². The minimum absolute atomic E-state index is 0.402. The maximum absolute atomic E-state index is 9.99. The van der Waals surface area contributed by atoms with E-state index in [1.165, 1.54) is 0 Å². The number of unbranched alkanes of at least 4 members (excludes halogenated alkanes) is 2. The number of rotatable bonds is 5. The maximum atomic E-state index is 9.99. The fourth-order valence-electron chi connectivity index (χ4n) is 0.526. The Balaban J connectivity index is 2.84. The average Bonchev–Trinajstić information content (AvgIpc) is 1.87. The zero-order chi connectivity index (χ0) is 7.82. The van der Waals surface area contributed by atoms with Gasteiger partial charge < -0.3 is 4.74 Å². The molecule has 0 unspecified atom stereocenters. The first-order valence-electron chi connectivity index (χ1n) is 3.15. The minimum atomic E-state index is -0.731. The summed E-state index contributed by atoms with van der Waals surface area (Å²) in [7, 11) is 0. The second-order valence-corrected chi connectivity index (χ2v) is 2.52. The average molecular weight is 185 g/mol. The van der Waals surface area contributed by atoms with E-state index < -0.39 is 5.43 Å². The molecule has 0 aliphatic rings. The molecule has 0 bridgehead atoms. The Kier molecular flexibility index (Phi) is 7.20. The van der Waals surface area contributed by atoms with Gasteiger partial charge in [-0.15, -0.1) is 11.6 Å². The van der Waals surface area contributed by atoms with E-state index in [0.717, 1.165) is 19.3 Å². The van der Waals surface area contributed by atoms with Crippen molar-refractivity contribution in [3.05, 3.63) is 0 Å². The first-order valence-corrected chi connectivity index (χ1v) is 4.07. The number of alkyl halides is 1. The van der Waals surface area contributed by atoms with Gasteiger partial charge in [-0.05, 0) is 19.3 Å². The standard InChI is InChI=1S/C6H10Cl2O2/c7-4-2-1-3-5-10-6(8)9/h1-5H2. The van der Waals surface area contributed by atoms with E-state index in [9.17, 15) is 4.79 Å². The molecule has 0 aromatic rings. The van der Waals surface area contributed by atoms with Gasteiger partial charge in [0.15, 0.2) is 0 Å². The Morgan fingerprint density at radius 3 is 2.50 bits per heavy atom. The minimum Gasteiger partial charge on any atom is -0.454 e. The molecular formula is C6H10Cl2O2. The van der Waals surface area contributed by atoms with E-state index in [1.807, 2.05) is 0 Å². The smallest absolute Gasteiger partial charge is 0.403 e. The molecule has 0 saturated heterocycles. The predicted octanol–water partition coefficient (Wildman–Crippen LogP) is 2.77. The quantitative estimate of drug-likeness (QED) is 0.374. The zero-order valence-electron chi connectivity index (χ0n) is 5.61. The normalized spacial score (nSPS) is 9.40. The molecule has 0 atom stereocenters. The van der Waals surface area contributed by atoms with Crippen LogP contribution in [0.2, 0.25) is 0 Å². The lowest BCUT2D eigenvalue weighted by molar-refractivity contribution is 0.171. The molecule has 10 heavy (non-hydrogen) atoms. The van der Waals surface area contributed by atoms with Gasteiger partial charge in [0, 0.05) is 17.5 Å². The van der Waals surface area contributed by atoms with Gasteiger partial charge in [-0.25, -0.2) is 4.79 Å². The largest absolute Gasteiger partial charge is 0.454 e. The van der Waals surface area contributed by atoms with Crippen LogP contribution in [0.15, 0.2) is 0 Å². The Hall–Kier alpha value is 0.0500. The topological polar surface area (TPSA) is 26.3 Å². The van der Waals surface area contributed by atoms with Gasteiger partial charge in [-0.2, -0.15) is 0 Å². The monoisotopic (exact) mass is 184 g/mol. The molecule has 0 saturated carbocycles. The number of halogens is 2. The molecule has 4 heteroatoms. The highest BCUT2D eigenvalue weighted by molar-refractivity contribution is 6.61. The molecule has 0 aromatic heterocycles. The van der Waals surface area contributed by atoms with Gasteiger partial charge in [0.1, 0.15) is 0 Å². The highest BCUT2D eigenvalue weighted by Crippen LogP contribution is 1.98. The number of hydrogen-bond donors (Lipinski definition) is 0. The van der Waals surface area contributed by atoms with Gasteiger partial charge >= 0.3 is 5.43 Å². The molecule has 0 N–H and O–H groups in total. The Bertz CT molecular complexity index is 95.7. The lowest BCUT2D eigenvalue weighted by Gasteiger charge is -1.97. The van der Waals surface area contributed by atoms with Gasteiger partial charge in [0.2, 0.25) is 0 Å². The zero-order valence-corrected chi connectivity index (χ0v) is 7.12. The van der Waals surface area contributed by atoms with Crippen LogP contribution in [-0.2, 0) is 4.74 Å². The summed E-state index contributed by atoms with van der Waals surface area (Å²) in [5.74, 6) is 0.662. The third-order valence-corrected chi connectivity index (χ3v) is 1.37. The van der Waals surface area contributed by atoms with Crippen LogP contribution in [0.4, 0.5) is 4.79 Å². The van der Waals surface area contributed by atoms with Crippen LogP contribution >= 0.6 is 23.2 Å². The van der Waals surface area contributed by atoms with E-state index in [-0.39, 0.29) is 0 Å². The van der Waals surface area contributed by atoms with Crippen LogP contribution < -0.4 is 0 Å². The highest BCUT2D eigenvalue weighted by atomic mass is 35.5. The Morgan fingerprint density at radius 2 is 2.00 bits per heavy atom. The summed E-state index contributed by atoms with van der Waals surface area (Å²) >= 11 is 10.3. The van der Waals surface area contributed by atoms with Crippen molar-refractivity contribution in [2.75, 3.05) is 12.5 Å². The first kappa shape index (κ1) is 10.0. The first-order chi connectivity index (χ1) is 4.77. The summed E-state index contributed by atoms with van der Waals surface area (Å²) in [6.45, 7) is 0.402. The van der Waals surface area contributed by atoms with Crippen molar-refractivity contribution in [1.29, 1.82) is 0 Å². The number of carbonyl (C=O) groups excluding carboxylic acids is 1. The van der Waals surface area contributed by atoms with Gasteiger partial charge in [0.25, 0.3) is 0 Å². The van der Waals surface area contributed by atoms with Crippen molar-refractivity contribution in [3.63, 3.8) is 0 Å². The van der Waals surface area contributed by atoms with Crippen molar-refractivity contribution in [3.8, 4) is 0 Å². The van der Waals surface area contributed by atoms with Crippen molar-refractivity contribution >= 4 is 28.6 Å². The molecular weight excluding hydrogens is 175 g/mol. The second-order valence-electron chi connectivity index (χ2n) is 1.84. The third-order valence-electron chi connectivity index (χ3n) is 0.994. The van der Waals surface area contributed by atoms with E-state index in [2.05, 4.69) is 4.74 Å². The fourth-order valence-corrected chi connectivity index (χ4v) is 0.792. The number of ether oxygens (including phenoxy) is 1. The van der Waals surface area contributed by atoms with Gasteiger partial charge in [-0.3, -0.25) is 0 Å². The molecule has 0 heterocycles. The van der Waals surface area contributed by atoms with Crippen molar-refractivity contribution in [2.24, 2.45) is 0 Å². The third kappa shape index (κ3) is 8.05. The van der Waals surface area contributed by atoms with Gasteiger partial charge in [0.05, 0.1) is 6.61 Å². The van der Waals surface area contributed by atoms with E-state index in [4.69, 9.17) is 23.2 Å². The highest BCUT2D eigenvalue weighted by Gasteiger charge is 1.93. The lowest BCUT2D eigenvalue weighted by atomic mass is 10.3. The predicted molar refractivity (Wildman–Crippen MR) is 41.8 cm³/mol. The summed E-state index contributed by atoms with van der Waals surface area (Å²) < 4.78 is 4.47. The summed E-state index contributed by atoms with van der Waals surface area (Å²) in [6.07, 6.45) is 2.78. The van der Waals surface area contributed by atoms with Crippen LogP contribution in [0.1, 0.15) is 19.3 Å². The van der Waals surface area contributed by atoms with E-state index >= 15 is 0 Å². The van der Waals surface area contributed by atoms with Crippen LogP contribution in [0.25, 0.3) is 0 Å². The number of hydrogen-bond acceptors (Lipinski definition) is 2. The SMILES string of the molecule is O=C(Cl)OCCCCCCl. The Morgan fingerprint density at radius 1 is 1.30 bits per heavy atom. The van der Waals surface area contributed by atoms with Crippen molar-refractivity contribution < 1.29 is 9.53 Å². The van der Waals surface area contributed by atoms with Crippen LogP contribution in [-0.4, -0.2) is 17.9 Å². The van der Waals surface area contributed by atoms with E-state index in [0.29, 0.717) is 12.5 Å².